The van der Waals surface area contributed by atoms with Crippen LogP contribution in [-0.2, 0) is 9.53 Å². The van der Waals surface area contributed by atoms with E-state index in [4.69, 9.17) is 4.74 Å². The predicted octanol–water partition coefficient (Wildman–Crippen LogP) is 1.40. The first-order chi connectivity index (χ1) is 8.19. The van der Waals surface area contributed by atoms with E-state index in [1.807, 2.05) is 25.7 Å². The van der Waals surface area contributed by atoms with Crippen molar-refractivity contribution >= 4 is 5.91 Å². The van der Waals surface area contributed by atoms with E-state index in [1.54, 1.807) is 0 Å². The Hall–Kier alpha value is -0.610. The van der Waals surface area contributed by atoms with Gasteiger partial charge in [-0.15, -0.1) is 0 Å². The maximum Gasteiger partial charge on any atom is 0.239 e. The summed E-state index contributed by atoms with van der Waals surface area (Å²) >= 11 is 0. The predicted molar refractivity (Wildman–Crippen MR) is 69.0 cm³/mol. The molecule has 0 bridgehead atoms. The molecular weight excluding hydrogens is 216 g/mol. The van der Waals surface area contributed by atoms with Crippen molar-refractivity contribution in [1.29, 1.82) is 0 Å². The van der Waals surface area contributed by atoms with Crippen molar-refractivity contribution in [3.63, 3.8) is 0 Å². The van der Waals surface area contributed by atoms with Crippen LogP contribution in [0.2, 0.25) is 0 Å². The highest BCUT2D eigenvalue weighted by atomic mass is 16.5. The standard InChI is InChI=1S/C13H26N2O2/c1-4-15(5-2)13(16)11(3)14-12-7-6-9-17-10-8-12/h11-12,14H,4-10H2,1-3H3. The normalized spacial score (nSPS) is 22.9. The molecule has 1 saturated heterocycles. The van der Waals surface area contributed by atoms with E-state index in [2.05, 4.69) is 5.32 Å². The van der Waals surface area contributed by atoms with Crippen LogP contribution >= 0.6 is 0 Å². The van der Waals surface area contributed by atoms with Crippen molar-refractivity contribution < 1.29 is 9.53 Å². The number of carbonyl (C=O) groups is 1. The Labute approximate surface area is 105 Å². The molecular formula is C13H26N2O2. The number of nitrogens with zero attached hydrogens (tertiary/aromatic N) is 1. The van der Waals surface area contributed by atoms with Gasteiger partial charge in [0.25, 0.3) is 0 Å². The van der Waals surface area contributed by atoms with Gasteiger partial charge in [0, 0.05) is 32.3 Å². The van der Waals surface area contributed by atoms with Gasteiger partial charge in [-0.25, -0.2) is 0 Å². The molecule has 1 aliphatic heterocycles. The molecule has 4 nitrogen and oxygen atoms in total. The summed E-state index contributed by atoms with van der Waals surface area (Å²) in [5.74, 6) is 0.208. The first-order valence-corrected chi connectivity index (χ1v) is 6.81. The molecule has 0 radical (unpaired) electrons. The molecule has 4 heteroatoms. The lowest BCUT2D eigenvalue weighted by Crippen LogP contribution is -2.48. The molecule has 1 fully saturated rings. The summed E-state index contributed by atoms with van der Waals surface area (Å²) in [6, 6.07) is 0.338. The van der Waals surface area contributed by atoms with Crippen LogP contribution in [0.5, 0.6) is 0 Å². The molecule has 100 valence electrons. The van der Waals surface area contributed by atoms with E-state index in [0.29, 0.717) is 6.04 Å². The molecule has 0 saturated carbocycles. The van der Waals surface area contributed by atoms with Crippen molar-refractivity contribution in [2.24, 2.45) is 0 Å². The van der Waals surface area contributed by atoms with Crippen molar-refractivity contribution in [2.75, 3.05) is 26.3 Å². The van der Waals surface area contributed by atoms with Gasteiger partial charge in [-0.2, -0.15) is 0 Å². The number of likely N-dealkylation sites (N-methyl/N-ethyl adjacent to an activating group) is 1. The third-order valence-electron chi connectivity index (χ3n) is 3.38. The Morgan fingerprint density at radius 1 is 1.35 bits per heavy atom. The molecule has 0 aromatic carbocycles. The number of ether oxygens (including phenoxy) is 1. The molecule has 0 aromatic rings. The second kappa shape index (κ2) is 7.67. The molecule has 1 amide bonds. The maximum atomic E-state index is 12.1. The van der Waals surface area contributed by atoms with Crippen LogP contribution in [0.4, 0.5) is 0 Å². The molecule has 2 atom stereocenters. The zero-order valence-corrected chi connectivity index (χ0v) is 11.4. The number of rotatable bonds is 5. The van der Waals surface area contributed by atoms with Gasteiger partial charge in [-0.3, -0.25) is 4.79 Å². The molecule has 2 unspecified atom stereocenters. The quantitative estimate of drug-likeness (QED) is 0.792. The summed E-state index contributed by atoms with van der Waals surface area (Å²) in [5, 5.41) is 3.44. The fourth-order valence-electron chi connectivity index (χ4n) is 2.30. The summed E-state index contributed by atoms with van der Waals surface area (Å²) in [6.45, 7) is 9.25. The number of amides is 1. The third-order valence-corrected chi connectivity index (χ3v) is 3.38. The Balaban J connectivity index is 2.40. The lowest BCUT2D eigenvalue weighted by molar-refractivity contribution is -0.132. The van der Waals surface area contributed by atoms with E-state index in [-0.39, 0.29) is 11.9 Å². The van der Waals surface area contributed by atoms with Crippen LogP contribution in [-0.4, -0.2) is 49.2 Å². The summed E-state index contributed by atoms with van der Waals surface area (Å²) in [4.78, 5) is 14.0. The van der Waals surface area contributed by atoms with E-state index >= 15 is 0 Å². The second-order valence-electron chi connectivity index (χ2n) is 4.64. The highest BCUT2D eigenvalue weighted by Crippen LogP contribution is 2.09. The van der Waals surface area contributed by atoms with Gasteiger partial charge in [0.15, 0.2) is 0 Å². The molecule has 17 heavy (non-hydrogen) atoms. The Morgan fingerprint density at radius 3 is 2.71 bits per heavy atom. The summed E-state index contributed by atoms with van der Waals surface area (Å²) in [6.07, 6.45) is 3.20. The van der Waals surface area contributed by atoms with Gasteiger partial charge in [0.2, 0.25) is 5.91 Å². The fraction of sp³-hybridized carbons (Fsp3) is 0.923. The third kappa shape index (κ3) is 4.64. The molecule has 0 aromatic heterocycles. The molecule has 1 aliphatic rings. The van der Waals surface area contributed by atoms with Gasteiger partial charge in [0.1, 0.15) is 0 Å². The molecule has 1 rings (SSSR count). The highest BCUT2D eigenvalue weighted by Gasteiger charge is 2.21. The molecule has 1 N–H and O–H groups in total. The summed E-state index contributed by atoms with van der Waals surface area (Å²) < 4.78 is 5.42. The lowest BCUT2D eigenvalue weighted by Gasteiger charge is -2.26. The summed E-state index contributed by atoms with van der Waals surface area (Å²) in [5.41, 5.74) is 0. The van der Waals surface area contributed by atoms with Gasteiger partial charge in [-0.1, -0.05) is 0 Å². The fourth-order valence-corrected chi connectivity index (χ4v) is 2.30. The van der Waals surface area contributed by atoms with Crippen LogP contribution in [0, 0.1) is 0 Å². The largest absolute Gasteiger partial charge is 0.381 e. The van der Waals surface area contributed by atoms with Crippen molar-refractivity contribution in [1.82, 2.24) is 10.2 Å². The van der Waals surface area contributed by atoms with Crippen molar-refractivity contribution in [2.45, 2.75) is 52.1 Å². The zero-order valence-electron chi connectivity index (χ0n) is 11.4. The van der Waals surface area contributed by atoms with Crippen molar-refractivity contribution in [3.05, 3.63) is 0 Å². The minimum Gasteiger partial charge on any atom is -0.381 e. The van der Waals surface area contributed by atoms with Crippen LogP contribution in [0.1, 0.15) is 40.0 Å². The van der Waals surface area contributed by atoms with Crippen LogP contribution in [0.15, 0.2) is 0 Å². The Kier molecular flexibility index (Phi) is 6.52. The Bertz CT molecular complexity index is 221. The number of carbonyl (C=O) groups excluding carboxylic acids is 1. The van der Waals surface area contributed by atoms with Gasteiger partial charge in [-0.05, 0) is 40.0 Å². The molecule has 1 heterocycles. The van der Waals surface area contributed by atoms with E-state index in [0.717, 1.165) is 45.6 Å². The van der Waals surface area contributed by atoms with Crippen molar-refractivity contribution in [3.8, 4) is 0 Å². The van der Waals surface area contributed by atoms with E-state index < -0.39 is 0 Å². The van der Waals surface area contributed by atoms with E-state index in [1.165, 1.54) is 0 Å². The van der Waals surface area contributed by atoms with Gasteiger partial charge < -0.3 is 15.0 Å². The number of nitrogens with one attached hydrogen (secondary N) is 1. The SMILES string of the molecule is CCN(CC)C(=O)C(C)NC1CCCOCC1. The minimum atomic E-state index is -0.0852. The van der Waals surface area contributed by atoms with E-state index in [9.17, 15) is 4.79 Å². The summed E-state index contributed by atoms with van der Waals surface area (Å²) in [7, 11) is 0. The topological polar surface area (TPSA) is 41.6 Å². The molecule has 0 spiro atoms. The molecule has 0 aliphatic carbocycles. The number of hydrogen-bond acceptors (Lipinski definition) is 3. The van der Waals surface area contributed by atoms with Crippen LogP contribution in [0.3, 0.4) is 0 Å². The Morgan fingerprint density at radius 2 is 2.06 bits per heavy atom. The maximum absolute atomic E-state index is 12.1. The lowest BCUT2D eigenvalue weighted by atomic mass is 10.1. The first kappa shape index (κ1) is 14.5. The zero-order chi connectivity index (χ0) is 12.7. The minimum absolute atomic E-state index is 0.0852. The second-order valence-corrected chi connectivity index (χ2v) is 4.64. The highest BCUT2D eigenvalue weighted by molar-refractivity contribution is 5.81. The van der Waals surface area contributed by atoms with Gasteiger partial charge >= 0.3 is 0 Å². The number of hydrogen-bond donors (Lipinski definition) is 1. The van der Waals surface area contributed by atoms with Gasteiger partial charge in [0.05, 0.1) is 6.04 Å². The van der Waals surface area contributed by atoms with Crippen LogP contribution < -0.4 is 5.32 Å². The smallest absolute Gasteiger partial charge is 0.239 e. The average Bonchev–Trinajstić information content (AvgIpc) is 2.59. The van der Waals surface area contributed by atoms with Crippen LogP contribution in [0.25, 0.3) is 0 Å². The average molecular weight is 242 g/mol. The first-order valence-electron chi connectivity index (χ1n) is 6.81. The monoisotopic (exact) mass is 242 g/mol.